The summed E-state index contributed by atoms with van der Waals surface area (Å²) in [4.78, 5) is 26.3. The molecule has 2 amide bonds. The zero-order chi connectivity index (χ0) is 14.8. The first-order valence-corrected chi connectivity index (χ1v) is 5.80. The number of carbonyl (C=O) groups is 1. The summed E-state index contributed by atoms with van der Waals surface area (Å²) < 4.78 is 26.2. The second-order valence-corrected chi connectivity index (χ2v) is 4.03. The standard InChI is InChI=1S/C12H8F2N6O/c13-6-1-2-8(7(14)3-6)19-12(21)20-11-9-10(16-4-15-9)17-5-18-11/h1-5H,(H3,15,16,17,18,19,20,21). The van der Waals surface area contributed by atoms with Crippen LogP contribution in [0.15, 0.2) is 30.9 Å². The van der Waals surface area contributed by atoms with Gasteiger partial charge in [0.15, 0.2) is 11.5 Å². The van der Waals surface area contributed by atoms with Gasteiger partial charge in [0.2, 0.25) is 0 Å². The van der Waals surface area contributed by atoms with Crippen LogP contribution in [0.4, 0.5) is 25.1 Å². The molecule has 0 aliphatic heterocycles. The van der Waals surface area contributed by atoms with E-state index in [1.165, 1.54) is 12.7 Å². The van der Waals surface area contributed by atoms with E-state index in [4.69, 9.17) is 0 Å². The van der Waals surface area contributed by atoms with E-state index in [2.05, 4.69) is 30.6 Å². The molecule has 9 heteroatoms. The van der Waals surface area contributed by atoms with Gasteiger partial charge >= 0.3 is 6.03 Å². The van der Waals surface area contributed by atoms with Crippen LogP contribution in [0.25, 0.3) is 11.2 Å². The molecular weight excluding hydrogens is 282 g/mol. The molecule has 3 N–H and O–H groups in total. The number of rotatable bonds is 2. The maximum absolute atomic E-state index is 13.4. The number of aromatic nitrogens is 4. The third kappa shape index (κ3) is 2.61. The average molecular weight is 290 g/mol. The van der Waals surface area contributed by atoms with Crippen LogP contribution >= 0.6 is 0 Å². The Labute approximate surface area is 116 Å². The minimum atomic E-state index is -0.875. The Morgan fingerprint density at radius 3 is 2.81 bits per heavy atom. The highest BCUT2D eigenvalue weighted by Crippen LogP contribution is 2.17. The van der Waals surface area contributed by atoms with E-state index < -0.39 is 17.7 Å². The van der Waals surface area contributed by atoms with Crippen LogP contribution in [0.2, 0.25) is 0 Å². The molecule has 106 valence electrons. The van der Waals surface area contributed by atoms with E-state index in [0.29, 0.717) is 17.2 Å². The molecule has 0 aliphatic rings. The topological polar surface area (TPSA) is 95.6 Å². The number of carbonyl (C=O) groups excluding carboxylic acids is 1. The molecule has 0 radical (unpaired) electrons. The number of fused-ring (bicyclic) bond motifs is 1. The van der Waals surface area contributed by atoms with Crippen molar-refractivity contribution in [3.05, 3.63) is 42.5 Å². The van der Waals surface area contributed by atoms with Crippen molar-refractivity contribution < 1.29 is 13.6 Å². The average Bonchev–Trinajstić information content (AvgIpc) is 2.91. The van der Waals surface area contributed by atoms with Gasteiger partial charge in [-0.3, -0.25) is 5.32 Å². The molecule has 0 fully saturated rings. The van der Waals surface area contributed by atoms with Gasteiger partial charge in [-0.05, 0) is 12.1 Å². The number of imidazole rings is 1. The quantitative estimate of drug-likeness (QED) is 0.674. The van der Waals surface area contributed by atoms with Crippen molar-refractivity contribution >= 4 is 28.7 Å². The molecule has 21 heavy (non-hydrogen) atoms. The fourth-order valence-corrected chi connectivity index (χ4v) is 1.71. The summed E-state index contributed by atoms with van der Waals surface area (Å²) in [6.07, 6.45) is 2.64. The number of aromatic amines is 1. The Bertz CT molecular complexity index is 818. The number of H-pyrrole nitrogens is 1. The molecule has 0 aliphatic carbocycles. The van der Waals surface area contributed by atoms with E-state index in [9.17, 15) is 13.6 Å². The maximum Gasteiger partial charge on any atom is 0.324 e. The van der Waals surface area contributed by atoms with E-state index in [1.807, 2.05) is 0 Å². The van der Waals surface area contributed by atoms with Crippen LogP contribution in [0, 0.1) is 11.6 Å². The Balaban J connectivity index is 1.79. The third-order valence-electron chi connectivity index (χ3n) is 2.63. The Kier molecular flexibility index (Phi) is 3.14. The normalized spacial score (nSPS) is 10.6. The van der Waals surface area contributed by atoms with E-state index in [-0.39, 0.29) is 11.5 Å². The number of nitrogens with one attached hydrogen (secondary N) is 3. The van der Waals surface area contributed by atoms with Gasteiger partial charge in [0.05, 0.1) is 12.0 Å². The lowest BCUT2D eigenvalue weighted by atomic mass is 10.3. The third-order valence-corrected chi connectivity index (χ3v) is 2.63. The molecule has 0 saturated heterocycles. The lowest BCUT2D eigenvalue weighted by Gasteiger charge is -2.08. The number of hydrogen-bond acceptors (Lipinski definition) is 4. The number of hydrogen-bond donors (Lipinski definition) is 3. The molecule has 0 unspecified atom stereocenters. The largest absolute Gasteiger partial charge is 0.340 e. The minimum Gasteiger partial charge on any atom is -0.340 e. The van der Waals surface area contributed by atoms with Crippen LogP contribution in [0.5, 0.6) is 0 Å². The predicted octanol–water partition coefficient (Wildman–Crippen LogP) is 2.28. The van der Waals surface area contributed by atoms with Gasteiger partial charge in [-0.2, -0.15) is 0 Å². The van der Waals surface area contributed by atoms with Gasteiger partial charge in [-0.1, -0.05) is 0 Å². The van der Waals surface area contributed by atoms with Crippen molar-refractivity contribution in [2.75, 3.05) is 10.6 Å². The molecule has 2 heterocycles. The lowest BCUT2D eigenvalue weighted by molar-refractivity contribution is 0.262. The maximum atomic E-state index is 13.4. The highest BCUT2D eigenvalue weighted by atomic mass is 19.1. The summed E-state index contributed by atoms with van der Waals surface area (Å²) in [6, 6.07) is 2.11. The molecule has 0 atom stereocenters. The second-order valence-electron chi connectivity index (χ2n) is 4.03. The van der Waals surface area contributed by atoms with Crippen LogP contribution in [0.3, 0.4) is 0 Å². The number of anilines is 2. The number of halogens is 2. The summed E-state index contributed by atoms with van der Waals surface area (Å²) in [5.74, 6) is -1.41. The number of urea groups is 1. The van der Waals surface area contributed by atoms with Gasteiger partial charge in [0.25, 0.3) is 0 Å². The highest BCUT2D eigenvalue weighted by molar-refractivity contribution is 6.02. The van der Waals surface area contributed by atoms with Gasteiger partial charge in [-0.15, -0.1) is 0 Å². The van der Waals surface area contributed by atoms with Gasteiger partial charge < -0.3 is 10.3 Å². The first kappa shape index (κ1) is 12.9. The smallest absolute Gasteiger partial charge is 0.324 e. The molecule has 0 spiro atoms. The number of benzene rings is 1. The van der Waals surface area contributed by atoms with Crippen LogP contribution in [0.1, 0.15) is 0 Å². The Hall–Kier alpha value is -3.10. The Morgan fingerprint density at radius 2 is 2.00 bits per heavy atom. The van der Waals surface area contributed by atoms with E-state index in [1.54, 1.807) is 0 Å². The van der Waals surface area contributed by atoms with E-state index in [0.717, 1.165) is 12.1 Å². The number of amides is 2. The van der Waals surface area contributed by atoms with Crippen molar-refractivity contribution in [1.82, 2.24) is 19.9 Å². The lowest BCUT2D eigenvalue weighted by Crippen LogP contribution is -2.21. The Morgan fingerprint density at radius 1 is 1.14 bits per heavy atom. The second kappa shape index (κ2) is 5.12. The van der Waals surface area contributed by atoms with Crippen LogP contribution < -0.4 is 10.6 Å². The zero-order valence-corrected chi connectivity index (χ0v) is 10.4. The summed E-state index contributed by atoms with van der Waals surface area (Å²) in [7, 11) is 0. The van der Waals surface area contributed by atoms with Gasteiger partial charge in [0, 0.05) is 6.07 Å². The molecule has 3 rings (SSSR count). The monoisotopic (exact) mass is 290 g/mol. The molecule has 7 nitrogen and oxygen atoms in total. The molecular formula is C12H8F2N6O. The summed E-state index contributed by atoms with van der Waals surface area (Å²) in [6.45, 7) is 0. The van der Waals surface area contributed by atoms with Crippen LogP contribution in [-0.4, -0.2) is 26.0 Å². The van der Waals surface area contributed by atoms with E-state index >= 15 is 0 Å². The van der Waals surface area contributed by atoms with Crippen LogP contribution in [-0.2, 0) is 0 Å². The van der Waals surface area contributed by atoms with Gasteiger partial charge in [-0.25, -0.2) is 28.5 Å². The van der Waals surface area contributed by atoms with Crippen molar-refractivity contribution in [2.24, 2.45) is 0 Å². The highest BCUT2D eigenvalue weighted by Gasteiger charge is 2.11. The summed E-state index contributed by atoms with van der Waals surface area (Å²) >= 11 is 0. The minimum absolute atomic E-state index is 0.149. The molecule has 0 saturated carbocycles. The predicted molar refractivity (Wildman–Crippen MR) is 70.7 cm³/mol. The molecule has 0 bridgehead atoms. The molecule has 2 aromatic heterocycles. The number of nitrogens with zero attached hydrogens (tertiary/aromatic N) is 3. The van der Waals surface area contributed by atoms with Crippen molar-refractivity contribution in [3.8, 4) is 0 Å². The van der Waals surface area contributed by atoms with Crippen molar-refractivity contribution in [1.29, 1.82) is 0 Å². The van der Waals surface area contributed by atoms with Gasteiger partial charge in [0.1, 0.15) is 23.5 Å². The SMILES string of the molecule is O=C(Nc1ccc(F)cc1F)Nc1ncnc2nc[nH]c12. The first-order valence-electron chi connectivity index (χ1n) is 5.80. The van der Waals surface area contributed by atoms with Crippen molar-refractivity contribution in [3.63, 3.8) is 0 Å². The zero-order valence-electron chi connectivity index (χ0n) is 10.4. The summed E-state index contributed by atoms with van der Waals surface area (Å²) in [5, 5.41) is 4.68. The fraction of sp³-hybridized carbons (Fsp3) is 0. The molecule has 1 aromatic carbocycles. The fourth-order valence-electron chi connectivity index (χ4n) is 1.71. The molecule has 3 aromatic rings. The first-order chi connectivity index (χ1) is 10.1. The summed E-state index contributed by atoms with van der Waals surface area (Å²) in [5.41, 5.74) is 0.671. The van der Waals surface area contributed by atoms with Crippen molar-refractivity contribution in [2.45, 2.75) is 0 Å².